The molecule has 1 rings (SSSR count). The summed E-state index contributed by atoms with van der Waals surface area (Å²) < 4.78 is 0. The topological polar surface area (TPSA) is 136 Å². The SMILES string of the molecule is N#C/C(=C\c1ccc(O)c(O)c1)C(=N)C(C#N)C#N. The van der Waals surface area contributed by atoms with Crippen LogP contribution in [0.1, 0.15) is 5.56 Å². The molecular weight excluding hydrogens is 244 g/mol. The van der Waals surface area contributed by atoms with Crippen molar-refractivity contribution < 1.29 is 10.2 Å². The summed E-state index contributed by atoms with van der Waals surface area (Å²) in [4.78, 5) is 0. The molecule has 1 aromatic carbocycles. The van der Waals surface area contributed by atoms with Gasteiger partial charge in [-0.1, -0.05) is 6.07 Å². The Kier molecular flexibility index (Phi) is 4.24. The van der Waals surface area contributed by atoms with Crippen molar-refractivity contribution in [2.45, 2.75) is 0 Å². The first-order valence-electron chi connectivity index (χ1n) is 5.05. The van der Waals surface area contributed by atoms with Crippen LogP contribution in [0.5, 0.6) is 11.5 Å². The van der Waals surface area contributed by atoms with E-state index in [1.807, 2.05) is 0 Å². The molecule has 0 saturated heterocycles. The number of hydrogen-bond donors (Lipinski definition) is 3. The lowest BCUT2D eigenvalue weighted by Gasteiger charge is -2.03. The molecule has 6 heteroatoms. The molecule has 0 radical (unpaired) electrons. The standard InChI is InChI=1S/C13H8N4O2/c14-5-9(13(17)10(6-15)7-16)3-8-1-2-11(18)12(19)4-8/h1-4,10,17-19H/b9-3+,17-13?. The Morgan fingerprint density at radius 3 is 2.26 bits per heavy atom. The largest absolute Gasteiger partial charge is 0.504 e. The number of nitrogens with zero attached hydrogens (tertiary/aromatic N) is 3. The predicted octanol–water partition coefficient (Wildman–Crippen LogP) is 1.69. The van der Waals surface area contributed by atoms with E-state index in [0.717, 1.165) is 0 Å². The number of nitrogens with one attached hydrogen (secondary N) is 1. The first-order chi connectivity index (χ1) is 9.03. The summed E-state index contributed by atoms with van der Waals surface area (Å²) in [5.41, 5.74) is -0.190. The number of rotatable bonds is 3. The van der Waals surface area contributed by atoms with Gasteiger partial charge in [-0.25, -0.2) is 0 Å². The highest BCUT2D eigenvalue weighted by atomic mass is 16.3. The molecule has 0 aromatic heterocycles. The van der Waals surface area contributed by atoms with E-state index >= 15 is 0 Å². The summed E-state index contributed by atoms with van der Waals surface area (Å²) in [5.74, 6) is -2.00. The molecule has 0 amide bonds. The van der Waals surface area contributed by atoms with Gasteiger partial charge in [0.2, 0.25) is 0 Å². The van der Waals surface area contributed by atoms with Crippen LogP contribution in [0.4, 0.5) is 0 Å². The summed E-state index contributed by atoms with van der Waals surface area (Å²) >= 11 is 0. The molecule has 0 bridgehead atoms. The van der Waals surface area contributed by atoms with E-state index in [9.17, 15) is 5.11 Å². The van der Waals surface area contributed by atoms with Gasteiger partial charge < -0.3 is 15.6 Å². The minimum Gasteiger partial charge on any atom is -0.504 e. The Labute approximate surface area is 109 Å². The number of phenols is 2. The third-order valence-electron chi connectivity index (χ3n) is 2.27. The van der Waals surface area contributed by atoms with E-state index in [1.54, 1.807) is 18.2 Å². The molecular formula is C13H8N4O2. The van der Waals surface area contributed by atoms with E-state index in [1.165, 1.54) is 24.3 Å². The van der Waals surface area contributed by atoms with Gasteiger partial charge in [0, 0.05) is 0 Å². The molecule has 0 fully saturated rings. The summed E-state index contributed by atoms with van der Waals surface area (Å²) in [6, 6.07) is 8.79. The Bertz CT molecular complexity index is 657. The van der Waals surface area contributed by atoms with Crippen LogP contribution in [0, 0.1) is 45.3 Å². The fraction of sp³-hybridized carbons (Fsp3) is 0.0769. The molecule has 0 unspecified atom stereocenters. The van der Waals surface area contributed by atoms with Crippen LogP contribution < -0.4 is 0 Å². The molecule has 92 valence electrons. The van der Waals surface area contributed by atoms with Gasteiger partial charge in [-0.2, -0.15) is 15.8 Å². The fourth-order valence-corrected chi connectivity index (χ4v) is 1.28. The van der Waals surface area contributed by atoms with E-state index in [4.69, 9.17) is 26.3 Å². The first-order valence-corrected chi connectivity index (χ1v) is 5.05. The van der Waals surface area contributed by atoms with Crippen LogP contribution in [0.2, 0.25) is 0 Å². The summed E-state index contributed by atoms with van der Waals surface area (Å²) in [6.45, 7) is 0. The Morgan fingerprint density at radius 1 is 1.16 bits per heavy atom. The highest BCUT2D eigenvalue weighted by molar-refractivity contribution is 6.08. The zero-order valence-corrected chi connectivity index (χ0v) is 9.62. The van der Waals surface area contributed by atoms with Gasteiger partial charge in [-0.3, -0.25) is 0 Å². The highest BCUT2D eigenvalue weighted by Crippen LogP contribution is 2.26. The maximum atomic E-state index is 9.31. The maximum absolute atomic E-state index is 9.31. The number of hydrogen-bond acceptors (Lipinski definition) is 6. The quantitative estimate of drug-likeness (QED) is 0.427. The van der Waals surface area contributed by atoms with Crippen molar-refractivity contribution in [3.05, 3.63) is 29.3 Å². The van der Waals surface area contributed by atoms with Crippen molar-refractivity contribution in [3.63, 3.8) is 0 Å². The van der Waals surface area contributed by atoms with Crippen molar-refractivity contribution in [1.29, 1.82) is 21.2 Å². The van der Waals surface area contributed by atoms with Crippen molar-refractivity contribution in [2.75, 3.05) is 0 Å². The number of nitriles is 3. The van der Waals surface area contributed by atoms with Crippen molar-refractivity contribution in [3.8, 4) is 29.7 Å². The molecule has 0 heterocycles. The first kappa shape index (κ1) is 13.8. The van der Waals surface area contributed by atoms with Crippen molar-refractivity contribution >= 4 is 11.8 Å². The average Bonchev–Trinajstić information content (AvgIpc) is 2.41. The third kappa shape index (κ3) is 3.09. The monoisotopic (exact) mass is 252 g/mol. The second-order valence-corrected chi connectivity index (χ2v) is 3.52. The van der Waals surface area contributed by atoms with Gasteiger partial charge in [-0.15, -0.1) is 0 Å². The second kappa shape index (κ2) is 5.86. The molecule has 0 aliphatic rings. The number of phenolic OH excluding ortho intramolecular Hbond substituents is 2. The molecule has 0 atom stereocenters. The van der Waals surface area contributed by atoms with Crippen LogP contribution in [0.3, 0.4) is 0 Å². The lowest BCUT2D eigenvalue weighted by atomic mass is 9.98. The molecule has 6 nitrogen and oxygen atoms in total. The second-order valence-electron chi connectivity index (χ2n) is 3.52. The zero-order chi connectivity index (χ0) is 14.4. The van der Waals surface area contributed by atoms with Crippen LogP contribution >= 0.6 is 0 Å². The van der Waals surface area contributed by atoms with Gasteiger partial charge in [-0.05, 0) is 23.8 Å². The summed E-state index contributed by atoms with van der Waals surface area (Å²) in [5, 5.41) is 52.3. The molecule has 1 aromatic rings. The van der Waals surface area contributed by atoms with E-state index < -0.39 is 11.6 Å². The smallest absolute Gasteiger partial charge is 0.175 e. The fourth-order valence-electron chi connectivity index (χ4n) is 1.28. The van der Waals surface area contributed by atoms with E-state index in [-0.39, 0.29) is 17.1 Å². The van der Waals surface area contributed by atoms with Gasteiger partial charge >= 0.3 is 0 Å². The average molecular weight is 252 g/mol. The Balaban J connectivity index is 3.18. The zero-order valence-electron chi connectivity index (χ0n) is 9.62. The maximum Gasteiger partial charge on any atom is 0.175 e. The van der Waals surface area contributed by atoms with Gasteiger partial charge in [0.15, 0.2) is 17.4 Å². The molecule has 0 spiro atoms. The lowest BCUT2D eigenvalue weighted by molar-refractivity contribution is 0.403. The molecule has 0 aliphatic carbocycles. The third-order valence-corrected chi connectivity index (χ3v) is 2.27. The van der Waals surface area contributed by atoms with Gasteiger partial charge in [0.05, 0.1) is 23.4 Å². The van der Waals surface area contributed by atoms with Gasteiger partial charge in [0.1, 0.15) is 6.07 Å². The molecule has 0 aliphatic heterocycles. The van der Waals surface area contributed by atoms with E-state index in [2.05, 4.69) is 0 Å². The number of aromatic hydroxyl groups is 2. The van der Waals surface area contributed by atoms with Crippen LogP contribution in [-0.2, 0) is 0 Å². The Morgan fingerprint density at radius 2 is 1.79 bits per heavy atom. The summed E-state index contributed by atoms with van der Waals surface area (Å²) in [7, 11) is 0. The van der Waals surface area contributed by atoms with E-state index in [0.29, 0.717) is 5.56 Å². The molecule has 3 N–H and O–H groups in total. The van der Waals surface area contributed by atoms with Crippen molar-refractivity contribution in [1.82, 2.24) is 0 Å². The normalized spacial score (nSPS) is 10.3. The van der Waals surface area contributed by atoms with Crippen LogP contribution in [-0.4, -0.2) is 15.9 Å². The number of allylic oxidation sites excluding steroid dienone is 1. The van der Waals surface area contributed by atoms with Crippen molar-refractivity contribution in [2.24, 2.45) is 5.92 Å². The molecule has 0 saturated carbocycles. The van der Waals surface area contributed by atoms with Crippen LogP contribution in [0.15, 0.2) is 23.8 Å². The minimum atomic E-state index is -1.32. The minimum absolute atomic E-state index is 0.154. The predicted molar refractivity (Wildman–Crippen MR) is 65.8 cm³/mol. The number of benzene rings is 1. The summed E-state index contributed by atoms with van der Waals surface area (Å²) in [6.07, 6.45) is 1.25. The lowest BCUT2D eigenvalue weighted by Crippen LogP contribution is -2.11. The highest BCUT2D eigenvalue weighted by Gasteiger charge is 2.17. The van der Waals surface area contributed by atoms with Crippen LogP contribution in [0.25, 0.3) is 6.08 Å². The van der Waals surface area contributed by atoms with Gasteiger partial charge in [0.25, 0.3) is 0 Å². The molecule has 19 heavy (non-hydrogen) atoms. The Hall–Kier alpha value is -3.30.